The lowest BCUT2D eigenvalue weighted by molar-refractivity contribution is 0.0878. The number of hydrogen-bond donors (Lipinski definition) is 1. The Balaban J connectivity index is 1.82. The van der Waals surface area contributed by atoms with Crippen LogP contribution < -0.4 is 10.1 Å². The second-order valence-electron chi connectivity index (χ2n) is 4.56. The lowest BCUT2D eigenvalue weighted by atomic mass is 10.1. The number of hydrogen-bond acceptors (Lipinski definition) is 4. The molecule has 0 fully saturated rings. The molecule has 0 bridgehead atoms. The predicted molar refractivity (Wildman–Crippen MR) is 73.7 cm³/mol. The largest absolute Gasteiger partial charge is 0.488 e. The van der Waals surface area contributed by atoms with Crippen LogP contribution in [-0.2, 0) is 6.61 Å². The van der Waals surface area contributed by atoms with Crippen LogP contribution in [0.1, 0.15) is 31.8 Å². The summed E-state index contributed by atoms with van der Waals surface area (Å²) in [6.45, 7) is 0.254. The van der Waals surface area contributed by atoms with Crippen molar-refractivity contribution in [3.8, 4) is 11.8 Å². The molecule has 5 nitrogen and oxygen atoms in total. The Hall–Kier alpha value is -3.13. The van der Waals surface area contributed by atoms with Crippen molar-refractivity contribution in [1.29, 1.82) is 5.26 Å². The number of nitrogens with zero attached hydrogens (tertiary/aromatic N) is 1. The highest BCUT2D eigenvalue weighted by Gasteiger charge is 2.29. The van der Waals surface area contributed by atoms with E-state index in [4.69, 9.17) is 10.00 Å². The number of benzene rings is 2. The minimum atomic E-state index is -0.439. The second kappa shape index (κ2) is 5.10. The monoisotopic (exact) mass is 278 g/mol. The molecule has 2 amide bonds. The van der Waals surface area contributed by atoms with E-state index in [9.17, 15) is 9.59 Å². The fourth-order valence-electron chi connectivity index (χ4n) is 2.14. The van der Waals surface area contributed by atoms with Gasteiger partial charge < -0.3 is 4.74 Å². The Kier molecular flexibility index (Phi) is 3.13. The molecular formula is C16H10N2O3. The van der Waals surface area contributed by atoms with Crippen molar-refractivity contribution < 1.29 is 14.3 Å². The molecule has 0 saturated heterocycles. The van der Waals surface area contributed by atoms with Crippen LogP contribution in [0, 0.1) is 11.3 Å². The van der Waals surface area contributed by atoms with Crippen LogP contribution in [-0.4, -0.2) is 11.8 Å². The first kappa shape index (κ1) is 12.9. The van der Waals surface area contributed by atoms with Crippen molar-refractivity contribution in [3.63, 3.8) is 0 Å². The summed E-state index contributed by atoms with van der Waals surface area (Å²) in [6.07, 6.45) is 0. The smallest absolute Gasteiger partial charge is 0.262 e. The molecule has 0 saturated carbocycles. The first-order valence-electron chi connectivity index (χ1n) is 6.29. The molecule has 2 aromatic rings. The number of nitrogens with one attached hydrogen (secondary N) is 1. The minimum absolute atomic E-state index is 0.254. The minimum Gasteiger partial charge on any atom is -0.488 e. The van der Waals surface area contributed by atoms with E-state index in [1.54, 1.807) is 42.5 Å². The third-order valence-electron chi connectivity index (χ3n) is 3.20. The predicted octanol–water partition coefficient (Wildman–Crippen LogP) is 2.02. The van der Waals surface area contributed by atoms with Gasteiger partial charge >= 0.3 is 0 Å². The lowest BCUT2D eigenvalue weighted by Gasteiger charge is -2.09. The van der Waals surface area contributed by atoms with Gasteiger partial charge in [-0.15, -0.1) is 0 Å². The second-order valence-corrected chi connectivity index (χ2v) is 4.56. The van der Waals surface area contributed by atoms with Crippen LogP contribution in [0.25, 0.3) is 0 Å². The maximum Gasteiger partial charge on any atom is 0.262 e. The summed E-state index contributed by atoms with van der Waals surface area (Å²) in [5.74, 6) is -0.468. The highest BCUT2D eigenvalue weighted by molar-refractivity contribution is 6.22. The van der Waals surface area contributed by atoms with Crippen LogP contribution in [0.3, 0.4) is 0 Å². The summed E-state index contributed by atoms with van der Waals surface area (Å²) in [5, 5.41) is 11.0. The van der Waals surface area contributed by atoms with Gasteiger partial charge in [-0.25, -0.2) is 0 Å². The molecule has 3 rings (SSSR count). The summed E-state index contributed by atoms with van der Waals surface area (Å²) in [4.78, 5) is 23.3. The highest BCUT2D eigenvalue weighted by Crippen LogP contribution is 2.27. The van der Waals surface area contributed by atoms with E-state index >= 15 is 0 Å². The normalized spacial score (nSPS) is 12.5. The van der Waals surface area contributed by atoms with E-state index in [2.05, 4.69) is 5.32 Å². The Morgan fingerprint density at radius 1 is 1.05 bits per heavy atom. The fourth-order valence-corrected chi connectivity index (χ4v) is 2.14. The van der Waals surface area contributed by atoms with E-state index in [0.717, 1.165) is 5.56 Å². The van der Waals surface area contributed by atoms with E-state index < -0.39 is 11.8 Å². The van der Waals surface area contributed by atoms with Crippen molar-refractivity contribution in [2.24, 2.45) is 0 Å². The SMILES string of the molecule is N#Cc1ccc(COc2cccc3c2C(=O)NC3=O)cc1. The molecule has 21 heavy (non-hydrogen) atoms. The molecule has 1 heterocycles. The first-order valence-corrected chi connectivity index (χ1v) is 6.29. The third-order valence-corrected chi connectivity index (χ3v) is 3.20. The highest BCUT2D eigenvalue weighted by atomic mass is 16.5. The molecule has 0 atom stereocenters. The molecule has 0 radical (unpaired) electrons. The first-order chi connectivity index (χ1) is 10.2. The number of ether oxygens (including phenoxy) is 1. The molecular weight excluding hydrogens is 268 g/mol. The van der Waals surface area contributed by atoms with Crippen LogP contribution in [0.4, 0.5) is 0 Å². The summed E-state index contributed by atoms with van der Waals surface area (Å²) in [7, 11) is 0. The molecule has 1 aliphatic heterocycles. The van der Waals surface area contributed by atoms with Gasteiger partial charge in [0.2, 0.25) is 0 Å². The molecule has 1 N–H and O–H groups in total. The molecule has 0 aliphatic carbocycles. The van der Waals surface area contributed by atoms with E-state index in [1.165, 1.54) is 0 Å². The van der Waals surface area contributed by atoms with Gasteiger partial charge in [-0.05, 0) is 29.8 Å². The van der Waals surface area contributed by atoms with Gasteiger partial charge in [-0.2, -0.15) is 5.26 Å². The number of carbonyl (C=O) groups excluding carboxylic acids is 2. The van der Waals surface area contributed by atoms with E-state index in [1.807, 2.05) is 6.07 Å². The standard InChI is InChI=1S/C16H10N2O3/c17-8-10-4-6-11(7-5-10)9-21-13-3-1-2-12-14(13)16(20)18-15(12)19/h1-7H,9H2,(H,18,19,20). The topological polar surface area (TPSA) is 79.2 Å². The lowest BCUT2D eigenvalue weighted by Crippen LogP contribution is -2.20. The molecule has 0 aromatic heterocycles. The summed E-state index contributed by atoms with van der Waals surface area (Å²) in [6, 6.07) is 13.9. The van der Waals surface area contributed by atoms with Gasteiger partial charge in [0, 0.05) is 0 Å². The number of fused-ring (bicyclic) bond motifs is 1. The average Bonchev–Trinajstić information content (AvgIpc) is 2.81. The fraction of sp³-hybridized carbons (Fsp3) is 0.0625. The Morgan fingerprint density at radius 2 is 1.81 bits per heavy atom. The molecule has 5 heteroatoms. The number of nitriles is 1. The number of rotatable bonds is 3. The zero-order chi connectivity index (χ0) is 14.8. The summed E-state index contributed by atoms with van der Waals surface area (Å²) < 4.78 is 5.63. The Labute approximate surface area is 120 Å². The third kappa shape index (κ3) is 2.35. The zero-order valence-electron chi connectivity index (χ0n) is 10.9. The van der Waals surface area contributed by atoms with Gasteiger partial charge in [0.1, 0.15) is 12.4 Å². The average molecular weight is 278 g/mol. The number of imide groups is 1. The van der Waals surface area contributed by atoms with Crippen LogP contribution in [0.5, 0.6) is 5.75 Å². The molecule has 2 aromatic carbocycles. The molecule has 0 unspecified atom stereocenters. The van der Waals surface area contributed by atoms with Crippen molar-refractivity contribution >= 4 is 11.8 Å². The Morgan fingerprint density at radius 3 is 2.52 bits per heavy atom. The zero-order valence-corrected chi connectivity index (χ0v) is 10.9. The molecule has 102 valence electrons. The van der Waals surface area contributed by atoms with E-state index in [-0.39, 0.29) is 12.2 Å². The van der Waals surface area contributed by atoms with Crippen molar-refractivity contribution in [2.75, 3.05) is 0 Å². The maximum absolute atomic E-state index is 11.7. The van der Waals surface area contributed by atoms with Crippen molar-refractivity contribution in [3.05, 3.63) is 64.7 Å². The maximum atomic E-state index is 11.7. The quantitative estimate of drug-likeness (QED) is 0.871. The van der Waals surface area contributed by atoms with Crippen molar-refractivity contribution in [2.45, 2.75) is 6.61 Å². The van der Waals surface area contributed by atoms with Gasteiger partial charge in [0.05, 0.1) is 22.8 Å². The van der Waals surface area contributed by atoms with E-state index in [0.29, 0.717) is 16.9 Å². The molecule has 1 aliphatic rings. The van der Waals surface area contributed by atoms with Crippen LogP contribution in [0.2, 0.25) is 0 Å². The van der Waals surface area contributed by atoms with Crippen LogP contribution >= 0.6 is 0 Å². The van der Waals surface area contributed by atoms with Crippen LogP contribution in [0.15, 0.2) is 42.5 Å². The van der Waals surface area contributed by atoms with Crippen molar-refractivity contribution in [1.82, 2.24) is 5.32 Å². The Bertz CT molecular complexity index is 773. The number of amides is 2. The van der Waals surface area contributed by atoms with Gasteiger partial charge in [0.15, 0.2) is 0 Å². The number of carbonyl (C=O) groups is 2. The van der Waals surface area contributed by atoms with Gasteiger partial charge in [0.25, 0.3) is 11.8 Å². The summed E-state index contributed by atoms with van der Waals surface area (Å²) >= 11 is 0. The molecule has 0 spiro atoms. The summed E-state index contributed by atoms with van der Waals surface area (Å²) in [5.41, 5.74) is 2.05. The van der Waals surface area contributed by atoms with Gasteiger partial charge in [-0.1, -0.05) is 18.2 Å². The van der Waals surface area contributed by atoms with Gasteiger partial charge in [-0.3, -0.25) is 14.9 Å².